The van der Waals surface area contributed by atoms with Crippen LogP contribution in [0.5, 0.6) is 0 Å². The summed E-state index contributed by atoms with van der Waals surface area (Å²) in [5.74, 6) is -1.43. The number of hydrogen-bond acceptors (Lipinski definition) is 7. The van der Waals surface area contributed by atoms with Crippen LogP contribution >= 0.6 is 0 Å². The van der Waals surface area contributed by atoms with Crippen molar-refractivity contribution in [1.82, 2.24) is 5.32 Å². The van der Waals surface area contributed by atoms with Crippen LogP contribution in [0.1, 0.15) is 95.9 Å². The molecule has 1 rings (SSSR count). The van der Waals surface area contributed by atoms with Gasteiger partial charge in [-0.15, -0.1) is 0 Å². The third-order valence-corrected chi connectivity index (χ3v) is 29.6. The summed E-state index contributed by atoms with van der Waals surface area (Å²) in [6, 6.07) is 0. The van der Waals surface area contributed by atoms with Crippen molar-refractivity contribution in [2.45, 2.75) is 199 Å². The molecule has 0 spiro atoms. The molecular weight excluding hydrogens is 663 g/mol. The van der Waals surface area contributed by atoms with E-state index < -0.39 is 75.8 Å². The smallest absolute Gasteiger partial charge is 0.303 e. The van der Waals surface area contributed by atoms with Gasteiger partial charge in [0, 0.05) is 6.42 Å². The van der Waals surface area contributed by atoms with Crippen molar-refractivity contribution in [3.63, 3.8) is 0 Å². The summed E-state index contributed by atoms with van der Waals surface area (Å²) in [4.78, 5) is 24.7. The minimum atomic E-state index is -2.46. The van der Waals surface area contributed by atoms with Crippen LogP contribution in [0.25, 0.3) is 0 Å². The summed E-state index contributed by atoms with van der Waals surface area (Å²) in [5, 5.41) is 12.0. The van der Waals surface area contributed by atoms with E-state index in [0.29, 0.717) is 0 Å². The maximum Gasteiger partial charge on any atom is 0.303 e. The fourth-order valence-corrected chi connectivity index (χ4v) is 9.01. The minimum absolute atomic E-state index is 0.0209. The standard InChI is InChI=1S/C34H73NO8Si4/c1-31(2,3)44(13,14)39-23-24-27(41-45(15,16)32(4,5)6)28(42-46(17,18)33(7,8)9)29(43-47(19,20)34(10,11)12)30(40-24)35-25(36)21-22-26(37)38/h24,27-30H,21-23H2,1-20H3,(H,35,36)(H,37,38)/t24-,27-,28+,29-,30?/m1/s1. The molecule has 0 radical (unpaired) electrons. The predicted molar refractivity (Wildman–Crippen MR) is 203 cm³/mol. The third kappa shape index (κ3) is 11.8. The average Bonchev–Trinajstić information content (AvgIpc) is 2.82. The van der Waals surface area contributed by atoms with Crippen LogP contribution in [0, 0.1) is 0 Å². The van der Waals surface area contributed by atoms with Gasteiger partial charge in [0.25, 0.3) is 0 Å². The lowest BCUT2D eigenvalue weighted by atomic mass is 9.98. The zero-order chi connectivity index (χ0) is 37.4. The Morgan fingerprint density at radius 2 is 0.957 bits per heavy atom. The number of rotatable bonds is 13. The minimum Gasteiger partial charge on any atom is -0.481 e. The topological polar surface area (TPSA) is 113 Å². The molecule has 1 fully saturated rings. The van der Waals surface area contributed by atoms with Crippen LogP contribution in [0.2, 0.25) is 72.5 Å². The molecule has 1 aliphatic heterocycles. The van der Waals surface area contributed by atoms with E-state index >= 15 is 0 Å². The predicted octanol–water partition coefficient (Wildman–Crippen LogP) is 8.89. The van der Waals surface area contributed by atoms with Crippen molar-refractivity contribution < 1.29 is 37.1 Å². The largest absolute Gasteiger partial charge is 0.481 e. The van der Waals surface area contributed by atoms with E-state index in [4.69, 9.17) is 22.4 Å². The van der Waals surface area contributed by atoms with Crippen LogP contribution in [0.15, 0.2) is 0 Å². The molecule has 0 aromatic rings. The van der Waals surface area contributed by atoms with Crippen molar-refractivity contribution >= 4 is 45.1 Å². The molecule has 278 valence electrons. The van der Waals surface area contributed by atoms with Gasteiger partial charge in [-0.25, -0.2) is 0 Å². The molecule has 13 heteroatoms. The number of carboxylic acids is 1. The van der Waals surface area contributed by atoms with E-state index in [1.807, 2.05) is 0 Å². The molecule has 2 N–H and O–H groups in total. The second-order valence-electron chi connectivity index (χ2n) is 19.7. The Morgan fingerprint density at radius 3 is 1.32 bits per heavy atom. The third-order valence-electron chi connectivity index (χ3n) is 11.6. The Hall–Kier alpha value is -0.392. The van der Waals surface area contributed by atoms with Gasteiger partial charge >= 0.3 is 5.97 Å². The average molecular weight is 736 g/mol. The van der Waals surface area contributed by atoms with Crippen LogP contribution in [-0.4, -0.2) is 87.5 Å². The van der Waals surface area contributed by atoms with Crippen molar-refractivity contribution in [3.05, 3.63) is 0 Å². The van der Waals surface area contributed by atoms with Crippen molar-refractivity contribution in [2.24, 2.45) is 0 Å². The van der Waals surface area contributed by atoms with Gasteiger partial charge in [-0.2, -0.15) is 0 Å². The maximum atomic E-state index is 13.3. The van der Waals surface area contributed by atoms with Gasteiger partial charge in [-0.05, 0) is 72.5 Å². The van der Waals surface area contributed by atoms with E-state index in [2.05, 4.69) is 141 Å². The fourth-order valence-electron chi connectivity index (χ4n) is 4.08. The second kappa shape index (κ2) is 15.1. The Bertz CT molecular complexity index is 1070. The molecule has 47 heavy (non-hydrogen) atoms. The van der Waals surface area contributed by atoms with Gasteiger partial charge in [-0.3, -0.25) is 9.59 Å². The van der Waals surface area contributed by atoms with Crippen molar-refractivity contribution in [3.8, 4) is 0 Å². The Labute approximate surface area is 292 Å². The molecule has 0 saturated carbocycles. The molecule has 1 amide bonds. The monoisotopic (exact) mass is 735 g/mol. The normalized spacial score (nSPS) is 24.3. The first kappa shape index (κ1) is 44.6. The first-order valence-corrected chi connectivity index (χ1v) is 29.0. The molecule has 1 saturated heterocycles. The summed E-state index contributed by atoms with van der Waals surface area (Å²) in [6.07, 6.45) is -3.64. The number of hydrogen-bond donors (Lipinski definition) is 2. The summed E-state index contributed by atoms with van der Waals surface area (Å²) < 4.78 is 35.6. The molecule has 1 heterocycles. The van der Waals surface area contributed by atoms with Crippen LogP contribution in [0.4, 0.5) is 0 Å². The Balaban J connectivity index is 4.02. The number of carbonyl (C=O) groups is 2. The first-order chi connectivity index (χ1) is 20.6. The first-order valence-electron chi connectivity index (χ1n) is 17.4. The number of amides is 1. The highest BCUT2D eigenvalue weighted by Gasteiger charge is 2.57. The van der Waals surface area contributed by atoms with Crippen molar-refractivity contribution in [1.29, 1.82) is 0 Å². The Morgan fingerprint density at radius 1 is 0.596 bits per heavy atom. The maximum absolute atomic E-state index is 13.3. The van der Waals surface area contributed by atoms with E-state index in [-0.39, 0.29) is 39.6 Å². The molecule has 5 atom stereocenters. The van der Waals surface area contributed by atoms with Gasteiger partial charge in [0.05, 0.1) is 13.0 Å². The number of carbonyl (C=O) groups excluding carboxylic acids is 1. The lowest BCUT2D eigenvalue weighted by Crippen LogP contribution is -2.70. The number of aliphatic carboxylic acids is 1. The summed E-state index contributed by atoms with van der Waals surface area (Å²) in [7, 11) is -9.51. The molecule has 0 aromatic carbocycles. The summed E-state index contributed by atoms with van der Waals surface area (Å²) in [6.45, 7) is 44.6. The highest BCUT2D eigenvalue weighted by atomic mass is 28.4. The molecule has 9 nitrogen and oxygen atoms in total. The zero-order valence-electron chi connectivity index (χ0n) is 33.8. The van der Waals surface area contributed by atoms with Crippen LogP contribution in [-0.2, 0) is 32.0 Å². The Kier molecular flexibility index (Phi) is 14.3. The van der Waals surface area contributed by atoms with E-state index in [1.54, 1.807) is 0 Å². The summed E-state index contributed by atoms with van der Waals surface area (Å²) in [5.41, 5.74) is 0. The number of ether oxygens (including phenoxy) is 1. The summed E-state index contributed by atoms with van der Waals surface area (Å²) >= 11 is 0. The highest BCUT2D eigenvalue weighted by molar-refractivity contribution is 6.75. The second-order valence-corrected chi connectivity index (χ2v) is 38.7. The van der Waals surface area contributed by atoms with Gasteiger partial charge in [-0.1, -0.05) is 83.1 Å². The SMILES string of the molecule is CC(C)(C)[Si](C)(C)OC[C@H]1OC(NC(=O)CCC(=O)O)[C@H](O[Si](C)(C)C(C)(C)C)[C@@H](O[Si](C)(C)C(C)(C)C)[C@@H]1O[Si](C)(C)C(C)(C)C. The number of nitrogens with one attached hydrogen (secondary N) is 1. The van der Waals surface area contributed by atoms with E-state index in [1.165, 1.54) is 0 Å². The number of carboxylic acid groups (broad SMARTS) is 1. The van der Waals surface area contributed by atoms with Gasteiger partial charge < -0.3 is 32.9 Å². The molecule has 0 aromatic heterocycles. The quantitative estimate of drug-likeness (QED) is 0.181. The van der Waals surface area contributed by atoms with Gasteiger partial charge in [0.1, 0.15) is 24.4 Å². The lowest BCUT2D eigenvalue weighted by molar-refractivity contribution is -0.223. The molecule has 1 aliphatic rings. The van der Waals surface area contributed by atoms with Crippen LogP contribution in [0.3, 0.4) is 0 Å². The molecular formula is C34H73NO8Si4. The van der Waals surface area contributed by atoms with Gasteiger partial charge in [0.15, 0.2) is 39.5 Å². The van der Waals surface area contributed by atoms with Gasteiger partial charge in [0.2, 0.25) is 5.91 Å². The zero-order valence-corrected chi connectivity index (χ0v) is 37.8. The van der Waals surface area contributed by atoms with E-state index in [9.17, 15) is 14.7 Å². The van der Waals surface area contributed by atoms with Crippen molar-refractivity contribution in [2.75, 3.05) is 6.61 Å². The molecule has 0 bridgehead atoms. The van der Waals surface area contributed by atoms with Crippen LogP contribution < -0.4 is 5.32 Å². The highest BCUT2D eigenvalue weighted by Crippen LogP contribution is 2.46. The lowest BCUT2D eigenvalue weighted by Gasteiger charge is -2.55. The molecule has 0 aliphatic carbocycles. The fraction of sp³-hybridized carbons (Fsp3) is 0.941. The van der Waals surface area contributed by atoms with E-state index in [0.717, 1.165) is 0 Å². The molecule has 1 unspecified atom stereocenters.